The van der Waals surface area contributed by atoms with Crippen LogP contribution in [0.4, 0.5) is 17.6 Å². The first kappa shape index (κ1) is 23.3. The zero-order valence-corrected chi connectivity index (χ0v) is 18.5. The molecular formula is C30H22F4. The van der Waals surface area contributed by atoms with Crippen molar-refractivity contribution in [1.29, 1.82) is 0 Å². The van der Waals surface area contributed by atoms with E-state index in [4.69, 9.17) is 0 Å². The molecule has 0 aliphatic heterocycles. The molecule has 0 amide bonds. The summed E-state index contributed by atoms with van der Waals surface area (Å²) in [5.41, 5.74) is 3.60. The Balaban J connectivity index is 1.50. The van der Waals surface area contributed by atoms with Gasteiger partial charge in [-0.25, -0.2) is 17.6 Å². The van der Waals surface area contributed by atoms with Gasteiger partial charge in [0.2, 0.25) is 0 Å². The van der Waals surface area contributed by atoms with E-state index in [0.29, 0.717) is 16.3 Å². The summed E-state index contributed by atoms with van der Waals surface area (Å²) in [4.78, 5) is 0. The summed E-state index contributed by atoms with van der Waals surface area (Å²) in [5, 5.41) is 1.16. The molecule has 0 heterocycles. The van der Waals surface area contributed by atoms with Gasteiger partial charge in [0.1, 0.15) is 5.82 Å². The molecule has 0 saturated carbocycles. The maximum atomic E-state index is 15.1. The third kappa shape index (κ3) is 5.38. The molecule has 4 aromatic rings. The number of allylic oxidation sites excluding steroid dienone is 1. The maximum absolute atomic E-state index is 15.1. The number of fused-ring (bicyclic) bond motifs is 1. The first-order valence-electron chi connectivity index (χ1n) is 11.0. The van der Waals surface area contributed by atoms with Crippen LogP contribution in [0.3, 0.4) is 0 Å². The summed E-state index contributed by atoms with van der Waals surface area (Å²) in [7, 11) is 0. The van der Waals surface area contributed by atoms with E-state index in [1.807, 2.05) is 24.3 Å². The third-order valence-electron chi connectivity index (χ3n) is 5.70. The van der Waals surface area contributed by atoms with Crippen molar-refractivity contribution >= 4 is 10.8 Å². The van der Waals surface area contributed by atoms with Crippen molar-refractivity contribution in [2.75, 3.05) is 0 Å². The van der Waals surface area contributed by atoms with Crippen molar-refractivity contribution in [2.45, 2.75) is 25.7 Å². The maximum Gasteiger partial charge on any atom is 0.194 e. The van der Waals surface area contributed by atoms with Gasteiger partial charge in [0, 0.05) is 16.5 Å². The van der Waals surface area contributed by atoms with Gasteiger partial charge in [-0.15, -0.1) is 6.58 Å². The van der Waals surface area contributed by atoms with Gasteiger partial charge in [-0.3, -0.25) is 0 Å². The molecule has 0 radical (unpaired) electrons. The van der Waals surface area contributed by atoms with Crippen molar-refractivity contribution in [3.8, 4) is 11.8 Å². The fraction of sp³-hybridized carbons (Fsp3) is 0.133. The summed E-state index contributed by atoms with van der Waals surface area (Å²) in [6.45, 7) is 3.74. The molecule has 0 atom stereocenters. The zero-order chi connectivity index (χ0) is 24.1. The molecule has 4 aromatic carbocycles. The van der Waals surface area contributed by atoms with E-state index in [1.165, 1.54) is 5.56 Å². The van der Waals surface area contributed by atoms with Crippen LogP contribution < -0.4 is 0 Å². The Morgan fingerprint density at radius 3 is 2.03 bits per heavy atom. The van der Waals surface area contributed by atoms with Crippen LogP contribution in [-0.2, 0) is 19.3 Å². The summed E-state index contributed by atoms with van der Waals surface area (Å²) in [5.74, 6) is 1.89. The van der Waals surface area contributed by atoms with Crippen LogP contribution >= 0.6 is 0 Å². The molecule has 4 rings (SSSR count). The van der Waals surface area contributed by atoms with Gasteiger partial charge in [-0.2, -0.15) is 0 Å². The summed E-state index contributed by atoms with van der Waals surface area (Å²) in [6, 6.07) is 18.7. The van der Waals surface area contributed by atoms with Crippen LogP contribution in [-0.4, -0.2) is 0 Å². The Morgan fingerprint density at radius 1 is 0.647 bits per heavy atom. The van der Waals surface area contributed by atoms with Crippen molar-refractivity contribution < 1.29 is 17.6 Å². The molecule has 0 nitrogen and oxygen atoms in total. The molecule has 0 unspecified atom stereocenters. The quantitative estimate of drug-likeness (QED) is 0.120. The van der Waals surface area contributed by atoms with E-state index in [1.54, 1.807) is 24.3 Å². The van der Waals surface area contributed by atoms with Crippen LogP contribution in [0.15, 0.2) is 79.4 Å². The topological polar surface area (TPSA) is 0 Å². The van der Waals surface area contributed by atoms with Crippen molar-refractivity contribution in [3.63, 3.8) is 0 Å². The molecule has 0 aromatic heterocycles. The largest absolute Gasteiger partial charge is 0.206 e. The van der Waals surface area contributed by atoms with Gasteiger partial charge in [-0.05, 0) is 84.2 Å². The van der Waals surface area contributed by atoms with Gasteiger partial charge in [0.15, 0.2) is 17.5 Å². The zero-order valence-electron chi connectivity index (χ0n) is 18.5. The summed E-state index contributed by atoms with van der Waals surface area (Å²) < 4.78 is 55.0. The number of aryl methyl sites for hydroxylation is 3. The number of rotatable bonds is 6. The number of benzene rings is 4. The molecule has 0 fully saturated rings. The third-order valence-corrected chi connectivity index (χ3v) is 5.70. The Morgan fingerprint density at radius 2 is 1.32 bits per heavy atom. The standard InChI is InChI=1S/C30H22F4/c1-2-3-4-20-5-7-21(8-6-20)9-10-22-12-16-26-25(17-22)15-14-24(29(26)33)13-11-23-18-27(31)30(34)28(32)19-23/h2,5-8,12,14-19H,1,3-4,11,13H2. The number of hydrogen-bond acceptors (Lipinski definition) is 0. The van der Waals surface area contributed by atoms with Crippen LogP contribution in [0.25, 0.3) is 10.8 Å². The molecule has 4 heteroatoms. The molecule has 0 spiro atoms. The first-order valence-corrected chi connectivity index (χ1v) is 11.0. The van der Waals surface area contributed by atoms with Crippen molar-refractivity contribution in [1.82, 2.24) is 0 Å². The minimum Gasteiger partial charge on any atom is -0.206 e. The van der Waals surface area contributed by atoms with Crippen LogP contribution in [0, 0.1) is 35.1 Å². The van der Waals surface area contributed by atoms with Gasteiger partial charge >= 0.3 is 0 Å². The smallest absolute Gasteiger partial charge is 0.194 e. The molecule has 0 aliphatic rings. The van der Waals surface area contributed by atoms with Crippen LogP contribution in [0.5, 0.6) is 0 Å². The lowest BCUT2D eigenvalue weighted by atomic mass is 9.99. The Bertz CT molecular complexity index is 1380. The molecule has 0 bridgehead atoms. The molecular weight excluding hydrogens is 436 g/mol. The summed E-state index contributed by atoms with van der Waals surface area (Å²) in [6.07, 6.45) is 4.20. The van der Waals surface area contributed by atoms with E-state index in [0.717, 1.165) is 36.1 Å². The predicted molar refractivity (Wildman–Crippen MR) is 129 cm³/mol. The molecule has 34 heavy (non-hydrogen) atoms. The number of hydrogen-bond donors (Lipinski definition) is 0. The van der Waals surface area contributed by atoms with Crippen molar-refractivity contribution in [2.24, 2.45) is 0 Å². The van der Waals surface area contributed by atoms with Crippen molar-refractivity contribution in [3.05, 3.63) is 130 Å². The monoisotopic (exact) mass is 458 g/mol. The first-order chi connectivity index (χ1) is 16.4. The minimum atomic E-state index is -1.50. The minimum absolute atomic E-state index is 0.187. The highest BCUT2D eigenvalue weighted by Crippen LogP contribution is 2.24. The highest BCUT2D eigenvalue weighted by atomic mass is 19.2. The highest BCUT2D eigenvalue weighted by Gasteiger charge is 2.12. The van der Waals surface area contributed by atoms with Gasteiger partial charge in [0.05, 0.1) is 0 Å². The average molecular weight is 458 g/mol. The molecule has 0 N–H and O–H groups in total. The lowest BCUT2D eigenvalue weighted by Crippen LogP contribution is -1.99. The van der Waals surface area contributed by atoms with Gasteiger partial charge in [-0.1, -0.05) is 48.2 Å². The summed E-state index contributed by atoms with van der Waals surface area (Å²) >= 11 is 0. The fourth-order valence-electron chi connectivity index (χ4n) is 3.81. The normalized spacial score (nSPS) is 10.7. The van der Waals surface area contributed by atoms with Crippen LogP contribution in [0.1, 0.15) is 34.2 Å². The van der Waals surface area contributed by atoms with Gasteiger partial charge < -0.3 is 0 Å². The molecule has 0 saturated heterocycles. The molecule has 170 valence electrons. The van der Waals surface area contributed by atoms with E-state index in [2.05, 4.69) is 30.6 Å². The van der Waals surface area contributed by atoms with E-state index in [-0.39, 0.29) is 24.2 Å². The Hall–Kier alpha value is -3.84. The van der Waals surface area contributed by atoms with Crippen LogP contribution in [0.2, 0.25) is 0 Å². The Labute approximate surface area is 196 Å². The average Bonchev–Trinajstić information content (AvgIpc) is 2.85. The van der Waals surface area contributed by atoms with E-state index >= 15 is 4.39 Å². The lowest BCUT2D eigenvalue weighted by Gasteiger charge is -2.08. The van der Waals surface area contributed by atoms with E-state index in [9.17, 15) is 13.2 Å². The lowest BCUT2D eigenvalue weighted by molar-refractivity contribution is 0.445. The highest BCUT2D eigenvalue weighted by molar-refractivity contribution is 5.85. The van der Waals surface area contributed by atoms with Gasteiger partial charge in [0.25, 0.3) is 0 Å². The second-order valence-corrected chi connectivity index (χ2v) is 8.12. The second kappa shape index (κ2) is 10.4. The second-order valence-electron chi connectivity index (χ2n) is 8.12. The predicted octanol–water partition coefficient (Wildman–Crippen LogP) is 7.70. The Kier molecular flexibility index (Phi) is 7.13. The van der Waals surface area contributed by atoms with E-state index < -0.39 is 17.5 Å². The molecule has 0 aliphatic carbocycles. The number of halogens is 4. The SMILES string of the molecule is C=CCCc1ccc(C#Cc2ccc3c(F)c(CCc4cc(F)c(F)c(F)c4)ccc3c2)cc1. The fourth-order valence-corrected chi connectivity index (χ4v) is 3.81.